The molecule has 0 aliphatic heterocycles. The van der Waals surface area contributed by atoms with Crippen molar-refractivity contribution < 1.29 is 0 Å². The van der Waals surface area contributed by atoms with Gasteiger partial charge in [-0.05, 0) is 45.7 Å². The second-order valence-electron chi connectivity index (χ2n) is 4.23. The maximum atomic E-state index is 2.29. The zero-order chi connectivity index (χ0) is 17.0. The smallest absolute Gasteiger partial charge is 0.0175 e. The summed E-state index contributed by atoms with van der Waals surface area (Å²) in [6, 6.07) is 19.8. The monoisotopic (exact) mass is 296 g/mol. The van der Waals surface area contributed by atoms with E-state index in [2.05, 4.69) is 61.5 Å². The second kappa shape index (κ2) is 11.8. The van der Waals surface area contributed by atoms with Crippen LogP contribution in [0.1, 0.15) is 54.0 Å². The molecule has 0 bridgehead atoms. The average molecular weight is 296 g/mol. The van der Waals surface area contributed by atoms with Gasteiger partial charge in [0.05, 0.1) is 0 Å². The van der Waals surface area contributed by atoms with E-state index in [1.807, 2.05) is 41.5 Å². The van der Waals surface area contributed by atoms with E-state index in [-0.39, 0.29) is 0 Å². The Hall–Kier alpha value is -1.82. The topological polar surface area (TPSA) is 0 Å². The predicted molar refractivity (Wildman–Crippen MR) is 105 cm³/mol. The zero-order valence-electron chi connectivity index (χ0n) is 15.4. The predicted octanol–water partition coefficient (Wildman–Crippen LogP) is 7.63. The quantitative estimate of drug-likeness (QED) is 0.405. The standard InChI is InChI=1S/C16H14.3C2H6/c1-2-12-7-8-15-10-13-5-3-4-6-14(13)11-16(15)9-12;3*1-2/h3-11H,2H2,1H3;3*1-2H3. The van der Waals surface area contributed by atoms with Crippen LogP contribution in [0.25, 0.3) is 21.5 Å². The van der Waals surface area contributed by atoms with Gasteiger partial charge in [0.25, 0.3) is 0 Å². The summed E-state index contributed by atoms with van der Waals surface area (Å²) < 4.78 is 0. The Balaban J connectivity index is 0.000000661. The van der Waals surface area contributed by atoms with Crippen LogP contribution in [-0.2, 0) is 6.42 Å². The Morgan fingerprint density at radius 3 is 1.50 bits per heavy atom. The number of hydrogen-bond donors (Lipinski definition) is 0. The van der Waals surface area contributed by atoms with Crippen LogP contribution >= 0.6 is 0 Å². The third-order valence-electron chi connectivity index (χ3n) is 3.18. The first kappa shape index (κ1) is 20.2. The first-order valence-corrected chi connectivity index (χ1v) is 8.78. The van der Waals surface area contributed by atoms with E-state index in [0.29, 0.717) is 0 Å². The van der Waals surface area contributed by atoms with E-state index >= 15 is 0 Å². The molecule has 0 radical (unpaired) electrons. The minimum atomic E-state index is 1.10. The second-order valence-corrected chi connectivity index (χ2v) is 4.23. The molecule has 0 heterocycles. The van der Waals surface area contributed by atoms with Gasteiger partial charge in [0.1, 0.15) is 0 Å². The number of fused-ring (bicyclic) bond motifs is 2. The van der Waals surface area contributed by atoms with Crippen LogP contribution in [0.2, 0.25) is 0 Å². The van der Waals surface area contributed by atoms with Crippen molar-refractivity contribution in [1.82, 2.24) is 0 Å². The molecule has 0 unspecified atom stereocenters. The first-order valence-electron chi connectivity index (χ1n) is 8.78. The molecule has 0 amide bonds. The zero-order valence-corrected chi connectivity index (χ0v) is 15.4. The fourth-order valence-corrected chi connectivity index (χ4v) is 2.21. The molecule has 0 spiro atoms. The molecule has 0 atom stereocenters. The number of hydrogen-bond acceptors (Lipinski definition) is 0. The maximum Gasteiger partial charge on any atom is -0.0175 e. The van der Waals surface area contributed by atoms with Gasteiger partial charge in [-0.1, -0.05) is 90.9 Å². The van der Waals surface area contributed by atoms with Crippen molar-refractivity contribution in [1.29, 1.82) is 0 Å². The molecule has 0 heteroatoms. The van der Waals surface area contributed by atoms with E-state index in [1.165, 1.54) is 27.1 Å². The lowest BCUT2D eigenvalue weighted by Crippen LogP contribution is -1.81. The van der Waals surface area contributed by atoms with Gasteiger partial charge in [-0.3, -0.25) is 0 Å². The van der Waals surface area contributed by atoms with E-state index in [9.17, 15) is 0 Å². The average Bonchev–Trinajstić information content (AvgIpc) is 2.64. The molecule has 0 fully saturated rings. The Morgan fingerprint density at radius 2 is 1.00 bits per heavy atom. The van der Waals surface area contributed by atoms with E-state index < -0.39 is 0 Å². The van der Waals surface area contributed by atoms with Crippen molar-refractivity contribution >= 4 is 21.5 Å². The molecule has 0 aliphatic carbocycles. The van der Waals surface area contributed by atoms with Gasteiger partial charge < -0.3 is 0 Å². The van der Waals surface area contributed by atoms with Crippen LogP contribution in [0.3, 0.4) is 0 Å². The van der Waals surface area contributed by atoms with Crippen LogP contribution in [-0.4, -0.2) is 0 Å². The minimum Gasteiger partial charge on any atom is -0.0683 e. The molecule has 0 aliphatic rings. The van der Waals surface area contributed by atoms with Crippen molar-refractivity contribution in [3.63, 3.8) is 0 Å². The molecular weight excluding hydrogens is 264 g/mol. The van der Waals surface area contributed by atoms with Crippen LogP contribution < -0.4 is 0 Å². The Morgan fingerprint density at radius 1 is 0.545 bits per heavy atom. The molecule has 120 valence electrons. The van der Waals surface area contributed by atoms with E-state index in [4.69, 9.17) is 0 Å². The number of rotatable bonds is 1. The van der Waals surface area contributed by atoms with E-state index in [0.717, 1.165) is 6.42 Å². The third-order valence-corrected chi connectivity index (χ3v) is 3.18. The van der Waals surface area contributed by atoms with Crippen molar-refractivity contribution in [2.75, 3.05) is 0 Å². The lowest BCUT2D eigenvalue weighted by molar-refractivity contribution is 1.15. The third kappa shape index (κ3) is 5.18. The van der Waals surface area contributed by atoms with Crippen LogP contribution in [0.4, 0.5) is 0 Å². The maximum absolute atomic E-state index is 2.29. The Bertz CT molecular complexity index is 650. The molecule has 0 N–H and O–H groups in total. The van der Waals surface area contributed by atoms with Gasteiger partial charge in [0.15, 0.2) is 0 Å². The normalized spacial score (nSPS) is 8.86. The fraction of sp³-hybridized carbons (Fsp3) is 0.364. The first-order chi connectivity index (χ1) is 10.9. The Labute approximate surface area is 137 Å². The highest BCUT2D eigenvalue weighted by Crippen LogP contribution is 2.23. The largest absolute Gasteiger partial charge is 0.0683 e. The molecule has 3 aromatic rings. The number of aryl methyl sites for hydroxylation is 1. The van der Waals surface area contributed by atoms with Gasteiger partial charge in [0.2, 0.25) is 0 Å². The van der Waals surface area contributed by atoms with Crippen LogP contribution in [0.15, 0.2) is 54.6 Å². The summed E-state index contributed by atoms with van der Waals surface area (Å²) in [4.78, 5) is 0. The molecule has 22 heavy (non-hydrogen) atoms. The van der Waals surface area contributed by atoms with Gasteiger partial charge in [-0.25, -0.2) is 0 Å². The summed E-state index contributed by atoms with van der Waals surface area (Å²) in [5.74, 6) is 0. The highest BCUT2D eigenvalue weighted by atomic mass is 14.0. The summed E-state index contributed by atoms with van der Waals surface area (Å²) in [6.45, 7) is 14.2. The highest BCUT2D eigenvalue weighted by Gasteiger charge is 1.98. The molecule has 3 aromatic carbocycles. The van der Waals surface area contributed by atoms with E-state index in [1.54, 1.807) is 0 Å². The summed E-state index contributed by atoms with van der Waals surface area (Å²) >= 11 is 0. The van der Waals surface area contributed by atoms with Gasteiger partial charge in [-0.2, -0.15) is 0 Å². The molecular formula is C22H32. The summed E-state index contributed by atoms with van der Waals surface area (Å²) in [7, 11) is 0. The molecule has 0 saturated heterocycles. The minimum absolute atomic E-state index is 1.10. The molecule has 0 saturated carbocycles. The lowest BCUT2D eigenvalue weighted by Gasteiger charge is -2.04. The fourth-order valence-electron chi connectivity index (χ4n) is 2.21. The summed E-state index contributed by atoms with van der Waals surface area (Å²) in [6.07, 6.45) is 1.10. The molecule has 0 aromatic heterocycles. The van der Waals surface area contributed by atoms with Crippen molar-refractivity contribution in [3.05, 3.63) is 60.2 Å². The SMILES string of the molecule is CC.CC.CC.CCc1ccc2cc3ccccc3cc2c1. The molecule has 0 nitrogen and oxygen atoms in total. The van der Waals surface area contributed by atoms with Crippen LogP contribution in [0.5, 0.6) is 0 Å². The van der Waals surface area contributed by atoms with Crippen molar-refractivity contribution in [2.45, 2.75) is 54.9 Å². The van der Waals surface area contributed by atoms with Crippen LogP contribution in [0, 0.1) is 0 Å². The lowest BCUT2D eigenvalue weighted by atomic mass is 10.0. The van der Waals surface area contributed by atoms with Gasteiger partial charge in [-0.15, -0.1) is 0 Å². The number of benzene rings is 3. The van der Waals surface area contributed by atoms with Gasteiger partial charge in [0, 0.05) is 0 Å². The highest BCUT2D eigenvalue weighted by molar-refractivity contribution is 5.98. The Kier molecular flexibility index (Phi) is 10.8. The summed E-state index contributed by atoms with van der Waals surface area (Å²) in [5.41, 5.74) is 1.41. The van der Waals surface area contributed by atoms with Crippen molar-refractivity contribution in [2.24, 2.45) is 0 Å². The molecule has 3 rings (SSSR count). The van der Waals surface area contributed by atoms with Gasteiger partial charge >= 0.3 is 0 Å². The summed E-state index contributed by atoms with van der Waals surface area (Å²) in [5, 5.41) is 5.32. The van der Waals surface area contributed by atoms with Crippen molar-refractivity contribution in [3.8, 4) is 0 Å².